The largest absolute Gasteiger partial charge is 0.480 e. The van der Waals surface area contributed by atoms with Crippen LogP contribution in [0.5, 0.6) is 0 Å². The van der Waals surface area contributed by atoms with E-state index in [1.54, 1.807) is 27.7 Å². The second-order valence-corrected chi connectivity index (χ2v) is 8.15. The van der Waals surface area contributed by atoms with Gasteiger partial charge in [0.05, 0.1) is 12.7 Å². The minimum atomic E-state index is -1.06. The molecule has 1 aliphatic rings. The normalized spacial score (nSPS) is 18.8. The van der Waals surface area contributed by atoms with Crippen LogP contribution in [0.1, 0.15) is 46.1 Å². The number of rotatable bonds is 7. The van der Waals surface area contributed by atoms with Gasteiger partial charge < -0.3 is 24.8 Å². The monoisotopic (exact) mass is 406 g/mol. The molecular formula is C21H30N2O6. The van der Waals surface area contributed by atoms with Gasteiger partial charge in [-0.1, -0.05) is 30.3 Å². The fourth-order valence-electron chi connectivity index (χ4n) is 3.18. The molecule has 0 spiro atoms. The molecule has 0 aliphatic carbocycles. The van der Waals surface area contributed by atoms with E-state index in [1.165, 1.54) is 4.90 Å². The number of hydrogen-bond acceptors (Lipinski definition) is 5. The number of carbonyl (C=O) groups is 3. The number of carbonyl (C=O) groups excluding carboxylic acids is 2. The van der Waals surface area contributed by atoms with E-state index in [0.29, 0.717) is 19.4 Å². The zero-order valence-corrected chi connectivity index (χ0v) is 17.4. The Morgan fingerprint density at radius 3 is 2.48 bits per heavy atom. The third kappa shape index (κ3) is 6.74. The Morgan fingerprint density at radius 1 is 1.24 bits per heavy atom. The highest BCUT2D eigenvalue weighted by atomic mass is 16.6. The van der Waals surface area contributed by atoms with Crippen molar-refractivity contribution < 1.29 is 29.0 Å². The maximum Gasteiger partial charge on any atom is 0.408 e. The Morgan fingerprint density at radius 2 is 1.90 bits per heavy atom. The first kappa shape index (κ1) is 22.7. The summed E-state index contributed by atoms with van der Waals surface area (Å²) in [6.45, 7) is 7.42. The van der Waals surface area contributed by atoms with Crippen molar-refractivity contribution in [3.63, 3.8) is 0 Å². The fourth-order valence-corrected chi connectivity index (χ4v) is 3.18. The predicted octanol–water partition coefficient (Wildman–Crippen LogP) is 2.56. The Balaban J connectivity index is 2.14. The molecule has 0 bridgehead atoms. The zero-order valence-electron chi connectivity index (χ0n) is 17.4. The van der Waals surface area contributed by atoms with E-state index in [-0.39, 0.29) is 6.61 Å². The SMILES string of the molecule is C[C@@H](OCc1ccccc1)[C@H](NC(=O)OC(C)(C)C)C(=O)N1CCC[C@H]1C(=O)O. The number of hydrogen-bond donors (Lipinski definition) is 2. The van der Waals surface area contributed by atoms with Crippen molar-refractivity contribution in [2.24, 2.45) is 0 Å². The van der Waals surface area contributed by atoms with Crippen LogP contribution >= 0.6 is 0 Å². The van der Waals surface area contributed by atoms with Crippen LogP contribution in [0.2, 0.25) is 0 Å². The lowest BCUT2D eigenvalue weighted by Gasteiger charge is -2.31. The maximum atomic E-state index is 13.1. The van der Waals surface area contributed by atoms with Gasteiger partial charge in [0.1, 0.15) is 17.7 Å². The first-order valence-electron chi connectivity index (χ1n) is 9.77. The van der Waals surface area contributed by atoms with Crippen LogP contribution in [0.3, 0.4) is 0 Å². The van der Waals surface area contributed by atoms with E-state index in [2.05, 4.69) is 5.32 Å². The maximum absolute atomic E-state index is 13.1. The summed E-state index contributed by atoms with van der Waals surface area (Å²) in [4.78, 5) is 38.2. The lowest BCUT2D eigenvalue weighted by molar-refractivity contribution is -0.150. The number of benzene rings is 1. The van der Waals surface area contributed by atoms with Gasteiger partial charge in [-0.3, -0.25) is 4.79 Å². The van der Waals surface area contributed by atoms with E-state index in [0.717, 1.165) is 5.56 Å². The molecule has 2 rings (SSSR count). The third-order valence-corrected chi connectivity index (χ3v) is 4.58. The number of nitrogens with one attached hydrogen (secondary N) is 1. The van der Waals surface area contributed by atoms with Crippen LogP contribution in [-0.4, -0.2) is 58.3 Å². The number of likely N-dealkylation sites (tertiary alicyclic amines) is 1. The van der Waals surface area contributed by atoms with Crippen molar-refractivity contribution >= 4 is 18.0 Å². The lowest BCUT2D eigenvalue weighted by atomic mass is 10.1. The van der Waals surface area contributed by atoms with E-state index < -0.39 is 41.8 Å². The van der Waals surface area contributed by atoms with Crippen molar-refractivity contribution in [1.82, 2.24) is 10.2 Å². The number of alkyl carbamates (subject to hydrolysis) is 1. The van der Waals surface area contributed by atoms with Crippen LogP contribution in [0.4, 0.5) is 4.79 Å². The number of amides is 2. The summed E-state index contributed by atoms with van der Waals surface area (Å²) in [5, 5.41) is 12.0. The second kappa shape index (κ2) is 9.73. The van der Waals surface area contributed by atoms with Crippen molar-refractivity contribution in [3.05, 3.63) is 35.9 Å². The molecular weight excluding hydrogens is 376 g/mol. The zero-order chi connectivity index (χ0) is 21.6. The average Bonchev–Trinajstić information content (AvgIpc) is 3.13. The summed E-state index contributed by atoms with van der Waals surface area (Å²) < 4.78 is 11.1. The van der Waals surface area contributed by atoms with Crippen LogP contribution in [-0.2, 0) is 25.7 Å². The Kier molecular flexibility index (Phi) is 7.61. The molecule has 1 aliphatic heterocycles. The molecule has 1 aromatic carbocycles. The van der Waals surface area contributed by atoms with Crippen LogP contribution in [0.25, 0.3) is 0 Å². The summed E-state index contributed by atoms with van der Waals surface area (Å²) in [6, 6.07) is 7.49. The summed E-state index contributed by atoms with van der Waals surface area (Å²) in [5.74, 6) is -1.54. The van der Waals surface area contributed by atoms with Gasteiger partial charge in [-0.25, -0.2) is 9.59 Å². The smallest absolute Gasteiger partial charge is 0.408 e. The first-order chi connectivity index (χ1) is 13.6. The molecule has 0 saturated carbocycles. The van der Waals surface area contributed by atoms with Gasteiger partial charge in [0.15, 0.2) is 0 Å². The molecule has 3 atom stereocenters. The molecule has 0 radical (unpaired) electrons. The molecule has 0 unspecified atom stereocenters. The average molecular weight is 406 g/mol. The van der Waals surface area contributed by atoms with Crippen molar-refractivity contribution in [1.29, 1.82) is 0 Å². The van der Waals surface area contributed by atoms with E-state index in [1.807, 2.05) is 30.3 Å². The Labute approximate surface area is 171 Å². The van der Waals surface area contributed by atoms with Gasteiger partial charge in [0.25, 0.3) is 0 Å². The molecule has 160 valence electrons. The minimum absolute atomic E-state index is 0.254. The highest BCUT2D eigenvalue weighted by molar-refractivity contribution is 5.90. The summed E-state index contributed by atoms with van der Waals surface area (Å²) in [6.07, 6.45) is -0.456. The molecule has 2 amide bonds. The Hall–Kier alpha value is -2.61. The highest BCUT2D eigenvalue weighted by Crippen LogP contribution is 2.20. The van der Waals surface area contributed by atoms with Gasteiger partial charge in [0.2, 0.25) is 5.91 Å². The Bertz CT molecular complexity index is 716. The number of ether oxygens (including phenoxy) is 2. The second-order valence-electron chi connectivity index (χ2n) is 8.15. The highest BCUT2D eigenvalue weighted by Gasteiger charge is 2.40. The van der Waals surface area contributed by atoms with Crippen LogP contribution in [0, 0.1) is 0 Å². The summed E-state index contributed by atoms with van der Waals surface area (Å²) >= 11 is 0. The number of carboxylic acids is 1. The van der Waals surface area contributed by atoms with Gasteiger partial charge in [-0.2, -0.15) is 0 Å². The third-order valence-electron chi connectivity index (χ3n) is 4.58. The van der Waals surface area contributed by atoms with Crippen molar-refractivity contribution in [2.45, 2.75) is 70.9 Å². The number of nitrogens with zero attached hydrogens (tertiary/aromatic N) is 1. The molecule has 8 heteroatoms. The molecule has 0 aromatic heterocycles. The molecule has 2 N–H and O–H groups in total. The van der Waals surface area contributed by atoms with Gasteiger partial charge in [-0.15, -0.1) is 0 Å². The molecule has 1 saturated heterocycles. The van der Waals surface area contributed by atoms with Crippen LogP contribution < -0.4 is 5.32 Å². The van der Waals surface area contributed by atoms with Gasteiger partial charge in [0, 0.05) is 6.54 Å². The summed E-state index contributed by atoms with van der Waals surface area (Å²) in [7, 11) is 0. The van der Waals surface area contributed by atoms with Gasteiger partial charge >= 0.3 is 12.1 Å². The molecule has 1 fully saturated rings. The number of carboxylic acid groups (broad SMARTS) is 1. The van der Waals surface area contributed by atoms with Gasteiger partial charge in [-0.05, 0) is 46.1 Å². The quantitative estimate of drug-likeness (QED) is 0.721. The van der Waals surface area contributed by atoms with E-state index in [9.17, 15) is 19.5 Å². The molecule has 1 aromatic rings. The standard InChI is InChI=1S/C21H30N2O6/c1-14(28-13-15-9-6-5-7-10-15)17(22-20(27)29-21(2,3)4)18(24)23-12-8-11-16(23)19(25)26/h5-7,9-10,14,16-17H,8,11-13H2,1-4H3,(H,22,27)(H,25,26)/t14-,16+,17+/m1/s1. The molecule has 8 nitrogen and oxygen atoms in total. The first-order valence-corrected chi connectivity index (χ1v) is 9.77. The summed E-state index contributed by atoms with van der Waals surface area (Å²) in [5.41, 5.74) is 0.190. The lowest BCUT2D eigenvalue weighted by Crippen LogP contribution is -2.56. The van der Waals surface area contributed by atoms with Crippen molar-refractivity contribution in [3.8, 4) is 0 Å². The van der Waals surface area contributed by atoms with Crippen LogP contribution in [0.15, 0.2) is 30.3 Å². The number of aliphatic carboxylic acids is 1. The minimum Gasteiger partial charge on any atom is -0.480 e. The predicted molar refractivity (Wildman–Crippen MR) is 106 cm³/mol. The fraction of sp³-hybridized carbons (Fsp3) is 0.571. The van der Waals surface area contributed by atoms with E-state index >= 15 is 0 Å². The topological polar surface area (TPSA) is 105 Å². The van der Waals surface area contributed by atoms with Crippen molar-refractivity contribution in [2.75, 3.05) is 6.54 Å². The van der Waals surface area contributed by atoms with E-state index in [4.69, 9.17) is 9.47 Å². The molecule has 29 heavy (non-hydrogen) atoms. The molecule has 1 heterocycles.